The van der Waals surface area contributed by atoms with Gasteiger partial charge in [0, 0.05) is 25.1 Å². The number of nitrogen functional groups attached to an aromatic ring is 1. The molecule has 4 N–H and O–H groups in total. The fraction of sp³-hybridized carbons (Fsp3) is 0.316. The normalized spacial score (nSPS) is 18.8. The number of carbonyl (C=O) groups excluding carboxylic acids is 1. The first-order valence-corrected chi connectivity index (χ1v) is 8.51. The van der Waals surface area contributed by atoms with Gasteiger partial charge in [0.1, 0.15) is 5.69 Å². The Hall–Kier alpha value is -2.64. The lowest BCUT2D eigenvalue weighted by Crippen LogP contribution is -2.30. The average Bonchev–Trinajstić information content (AvgIpc) is 3.07. The van der Waals surface area contributed by atoms with Gasteiger partial charge >= 0.3 is 0 Å². The standard InChI is InChI=1S/C19H22N4O3.ClH/c1-12-7-15(18(21)17(8-12)23(25)26)19(24)22-10-14(9-20)16(11-22)13-5-3-2-4-6-13;/h2-8,14,16H,9-11,20-21H2,1H3;1H/t14-,16+;/m1./s1. The quantitative estimate of drug-likeness (QED) is 0.473. The highest BCUT2D eigenvalue weighted by Crippen LogP contribution is 2.35. The molecule has 0 saturated carbocycles. The molecule has 0 bridgehead atoms. The van der Waals surface area contributed by atoms with E-state index in [9.17, 15) is 14.9 Å². The Labute approximate surface area is 163 Å². The SMILES string of the molecule is Cc1cc(C(=O)N2C[C@@H](CN)[C@H](c3ccccc3)C2)c(N)c([N+](=O)[O-])c1.Cl. The predicted molar refractivity (Wildman–Crippen MR) is 107 cm³/mol. The third-order valence-electron chi connectivity index (χ3n) is 4.99. The summed E-state index contributed by atoms with van der Waals surface area (Å²) in [6, 6.07) is 12.9. The van der Waals surface area contributed by atoms with Crippen LogP contribution in [0.1, 0.15) is 27.4 Å². The third kappa shape index (κ3) is 4.04. The summed E-state index contributed by atoms with van der Waals surface area (Å²) in [5.41, 5.74) is 13.5. The maximum absolute atomic E-state index is 13.0. The number of halogens is 1. The van der Waals surface area contributed by atoms with Crippen LogP contribution in [0.2, 0.25) is 0 Å². The van der Waals surface area contributed by atoms with Crippen LogP contribution < -0.4 is 11.5 Å². The van der Waals surface area contributed by atoms with Crippen molar-refractivity contribution in [3.05, 3.63) is 69.3 Å². The van der Waals surface area contributed by atoms with Crippen LogP contribution in [0, 0.1) is 23.0 Å². The summed E-state index contributed by atoms with van der Waals surface area (Å²) in [6.07, 6.45) is 0. The van der Waals surface area contributed by atoms with Gasteiger partial charge in [0.15, 0.2) is 0 Å². The fourth-order valence-electron chi connectivity index (χ4n) is 3.63. The van der Waals surface area contributed by atoms with E-state index in [0.717, 1.165) is 5.56 Å². The molecule has 1 saturated heterocycles. The van der Waals surface area contributed by atoms with Gasteiger partial charge in [-0.15, -0.1) is 12.4 Å². The molecule has 0 radical (unpaired) electrons. The lowest BCUT2D eigenvalue weighted by atomic mass is 9.89. The molecule has 0 aromatic heterocycles. The zero-order valence-corrected chi connectivity index (χ0v) is 15.8. The molecule has 1 aliphatic rings. The van der Waals surface area contributed by atoms with Crippen LogP contribution >= 0.6 is 12.4 Å². The van der Waals surface area contributed by atoms with Crippen LogP contribution in [-0.4, -0.2) is 35.4 Å². The summed E-state index contributed by atoms with van der Waals surface area (Å²) in [5.74, 6) is -0.000259. The maximum atomic E-state index is 13.0. The van der Waals surface area contributed by atoms with Gasteiger partial charge in [-0.25, -0.2) is 0 Å². The second-order valence-electron chi connectivity index (χ2n) is 6.73. The molecule has 2 aromatic rings. The zero-order valence-electron chi connectivity index (χ0n) is 15.0. The number of benzene rings is 2. The van der Waals surface area contributed by atoms with Crippen molar-refractivity contribution in [1.82, 2.24) is 4.90 Å². The molecule has 3 rings (SSSR count). The lowest BCUT2D eigenvalue weighted by molar-refractivity contribution is -0.384. The molecule has 0 spiro atoms. The summed E-state index contributed by atoms with van der Waals surface area (Å²) < 4.78 is 0. The highest BCUT2D eigenvalue weighted by Gasteiger charge is 2.36. The number of carbonyl (C=O) groups is 1. The summed E-state index contributed by atoms with van der Waals surface area (Å²) in [5, 5.41) is 11.2. The Morgan fingerprint density at radius 1 is 1.26 bits per heavy atom. The average molecular weight is 391 g/mol. The topological polar surface area (TPSA) is 115 Å². The maximum Gasteiger partial charge on any atom is 0.293 e. The molecule has 2 atom stereocenters. The van der Waals surface area contributed by atoms with Gasteiger partial charge in [-0.2, -0.15) is 0 Å². The van der Waals surface area contributed by atoms with Gasteiger partial charge in [-0.1, -0.05) is 30.3 Å². The number of anilines is 1. The number of nitro groups is 1. The molecule has 1 heterocycles. The van der Waals surface area contributed by atoms with E-state index in [-0.39, 0.29) is 47.1 Å². The monoisotopic (exact) mass is 390 g/mol. The van der Waals surface area contributed by atoms with Crippen LogP contribution in [0.25, 0.3) is 0 Å². The number of nitrogens with zero attached hydrogens (tertiary/aromatic N) is 2. The van der Waals surface area contributed by atoms with Crippen molar-refractivity contribution >= 4 is 29.7 Å². The molecule has 8 heteroatoms. The molecule has 7 nitrogen and oxygen atoms in total. The number of amides is 1. The van der Waals surface area contributed by atoms with Gasteiger partial charge in [0.25, 0.3) is 11.6 Å². The van der Waals surface area contributed by atoms with Crippen molar-refractivity contribution < 1.29 is 9.72 Å². The first kappa shape index (κ1) is 20.7. The summed E-state index contributed by atoms with van der Waals surface area (Å²) >= 11 is 0. The van der Waals surface area contributed by atoms with E-state index >= 15 is 0 Å². The summed E-state index contributed by atoms with van der Waals surface area (Å²) in [6.45, 7) is 3.21. The predicted octanol–water partition coefficient (Wildman–Crippen LogP) is 2.72. The molecular formula is C19H23ClN4O3. The molecule has 144 valence electrons. The van der Waals surface area contributed by atoms with Crippen LogP contribution in [0.5, 0.6) is 0 Å². The number of hydrogen-bond donors (Lipinski definition) is 2. The van der Waals surface area contributed by atoms with Crippen molar-refractivity contribution in [2.75, 3.05) is 25.4 Å². The number of hydrogen-bond acceptors (Lipinski definition) is 5. The Morgan fingerprint density at radius 2 is 1.93 bits per heavy atom. The second-order valence-corrected chi connectivity index (χ2v) is 6.73. The first-order valence-electron chi connectivity index (χ1n) is 8.51. The zero-order chi connectivity index (χ0) is 18.8. The molecule has 1 fully saturated rings. The Morgan fingerprint density at radius 3 is 2.52 bits per heavy atom. The van der Waals surface area contributed by atoms with E-state index in [4.69, 9.17) is 11.5 Å². The van der Waals surface area contributed by atoms with Gasteiger partial charge in [0.2, 0.25) is 0 Å². The van der Waals surface area contributed by atoms with E-state index in [1.807, 2.05) is 30.3 Å². The lowest BCUT2D eigenvalue weighted by Gasteiger charge is -2.18. The van der Waals surface area contributed by atoms with Crippen molar-refractivity contribution in [3.8, 4) is 0 Å². The van der Waals surface area contributed by atoms with Gasteiger partial charge < -0.3 is 16.4 Å². The second kappa shape index (κ2) is 8.37. The Kier molecular flexibility index (Phi) is 6.41. The van der Waals surface area contributed by atoms with Crippen LogP contribution in [0.4, 0.5) is 11.4 Å². The molecular weight excluding hydrogens is 368 g/mol. The number of rotatable bonds is 4. The molecule has 1 amide bonds. The van der Waals surface area contributed by atoms with Gasteiger partial charge in [0.05, 0.1) is 10.5 Å². The van der Waals surface area contributed by atoms with E-state index in [1.165, 1.54) is 6.07 Å². The molecule has 0 aliphatic carbocycles. The Bertz CT molecular complexity index is 844. The third-order valence-corrected chi connectivity index (χ3v) is 4.99. The van der Waals surface area contributed by atoms with Gasteiger partial charge in [-0.3, -0.25) is 14.9 Å². The van der Waals surface area contributed by atoms with E-state index in [0.29, 0.717) is 25.2 Å². The number of nitro benzene ring substituents is 1. The highest BCUT2D eigenvalue weighted by molar-refractivity contribution is 6.01. The number of nitrogens with two attached hydrogens (primary N) is 2. The summed E-state index contributed by atoms with van der Waals surface area (Å²) in [4.78, 5) is 25.3. The summed E-state index contributed by atoms with van der Waals surface area (Å²) in [7, 11) is 0. The first-order chi connectivity index (χ1) is 12.4. The van der Waals surface area contributed by atoms with Gasteiger partial charge in [-0.05, 0) is 36.6 Å². The number of likely N-dealkylation sites (tertiary alicyclic amines) is 1. The van der Waals surface area contributed by atoms with E-state index < -0.39 is 4.92 Å². The van der Waals surface area contributed by atoms with Crippen molar-refractivity contribution in [3.63, 3.8) is 0 Å². The van der Waals surface area contributed by atoms with E-state index in [1.54, 1.807) is 17.9 Å². The minimum atomic E-state index is -0.557. The molecule has 2 aromatic carbocycles. The van der Waals surface area contributed by atoms with Crippen molar-refractivity contribution in [1.29, 1.82) is 0 Å². The minimum Gasteiger partial charge on any atom is -0.393 e. The largest absolute Gasteiger partial charge is 0.393 e. The highest BCUT2D eigenvalue weighted by atomic mass is 35.5. The van der Waals surface area contributed by atoms with E-state index in [2.05, 4.69) is 0 Å². The molecule has 1 aliphatic heterocycles. The van der Waals surface area contributed by atoms with Crippen molar-refractivity contribution in [2.45, 2.75) is 12.8 Å². The Balaban J connectivity index is 0.00000261. The smallest absolute Gasteiger partial charge is 0.293 e. The fourth-order valence-corrected chi connectivity index (χ4v) is 3.63. The van der Waals surface area contributed by atoms with Crippen LogP contribution in [0.3, 0.4) is 0 Å². The van der Waals surface area contributed by atoms with Crippen LogP contribution in [-0.2, 0) is 0 Å². The molecule has 27 heavy (non-hydrogen) atoms. The van der Waals surface area contributed by atoms with Crippen LogP contribution in [0.15, 0.2) is 42.5 Å². The minimum absolute atomic E-state index is 0. The van der Waals surface area contributed by atoms with Crippen molar-refractivity contribution in [2.24, 2.45) is 11.7 Å². The molecule has 0 unspecified atom stereocenters. The number of aryl methyl sites for hydroxylation is 1.